The van der Waals surface area contributed by atoms with Crippen LogP contribution < -0.4 is 15.0 Å². The number of hydrogen-bond acceptors (Lipinski definition) is 4. The molecular formula is C11H15N3O3. The second kappa shape index (κ2) is 4.90. The van der Waals surface area contributed by atoms with Crippen LogP contribution in [0.5, 0.6) is 5.75 Å². The lowest BCUT2D eigenvalue weighted by atomic mass is 10.3. The van der Waals surface area contributed by atoms with Crippen LogP contribution in [0.4, 0.5) is 16.3 Å². The fraction of sp³-hybridized carbons (Fsp3) is 0.455. The molecule has 2 rings (SSSR count). The maximum absolute atomic E-state index is 10.5. The average Bonchev–Trinajstić information content (AvgIpc) is 2.81. The smallest absolute Gasteiger partial charge is 0.409 e. The molecule has 1 amide bonds. The molecule has 2 N–H and O–H groups in total. The fourth-order valence-electron chi connectivity index (χ4n) is 1.95. The summed E-state index contributed by atoms with van der Waals surface area (Å²) in [5, 5.41) is 10.9. The maximum Gasteiger partial charge on any atom is 0.409 e. The Morgan fingerprint density at radius 2 is 2.24 bits per heavy atom. The van der Waals surface area contributed by atoms with E-state index >= 15 is 0 Å². The number of methoxy groups -OCH3 is 1. The van der Waals surface area contributed by atoms with Gasteiger partial charge in [0.2, 0.25) is 0 Å². The molecule has 0 radical (unpaired) electrons. The van der Waals surface area contributed by atoms with Crippen molar-refractivity contribution in [2.24, 2.45) is 0 Å². The second-order valence-electron chi connectivity index (χ2n) is 3.87. The molecule has 0 unspecified atom stereocenters. The van der Waals surface area contributed by atoms with E-state index in [1.165, 1.54) is 6.20 Å². The minimum Gasteiger partial charge on any atom is -0.493 e. The number of rotatable bonds is 3. The van der Waals surface area contributed by atoms with Crippen molar-refractivity contribution in [1.82, 2.24) is 4.98 Å². The van der Waals surface area contributed by atoms with Crippen molar-refractivity contribution >= 4 is 17.6 Å². The van der Waals surface area contributed by atoms with Gasteiger partial charge in [-0.2, -0.15) is 0 Å². The van der Waals surface area contributed by atoms with Gasteiger partial charge in [-0.05, 0) is 12.8 Å². The Kier molecular flexibility index (Phi) is 3.32. The predicted octanol–water partition coefficient (Wildman–Crippen LogP) is 1.78. The van der Waals surface area contributed by atoms with Gasteiger partial charge in [0, 0.05) is 19.2 Å². The summed E-state index contributed by atoms with van der Waals surface area (Å²) in [4.78, 5) is 16.9. The Labute approximate surface area is 99.2 Å². The number of carboxylic acid groups (broad SMARTS) is 1. The number of hydrogen-bond donors (Lipinski definition) is 2. The molecule has 0 aliphatic carbocycles. The van der Waals surface area contributed by atoms with Crippen molar-refractivity contribution in [1.29, 1.82) is 0 Å². The molecule has 0 spiro atoms. The number of nitrogens with zero attached hydrogens (tertiary/aromatic N) is 2. The first-order valence-electron chi connectivity index (χ1n) is 5.49. The van der Waals surface area contributed by atoms with Gasteiger partial charge in [-0.1, -0.05) is 0 Å². The van der Waals surface area contributed by atoms with Crippen LogP contribution in [-0.2, 0) is 0 Å². The van der Waals surface area contributed by atoms with E-state index in [0.717, 1.165) is 31.7 Å². The lowest BCUT2D eigenvalue weighted by molar-refractivity contribution is 0.209. The molecule has 0 bridgehead atoms. The number of aromatic nitrogens is 1. The molecule has 92 valence electrons. The fourth-order valence-corrected chi connectivity index (χ4v) is 1.95. The van der Waals surface area contributed by atoms with Gasteiger partial charge < -0.3 is 14.7 Å². The lowest BCUT2D eigenvalue weighted by Crippen LogP contribution is -2.20. The van der Waals surface area contributed by atoms with Crippen molar-refractivity contribution in [2.75, 3.05) is 30.4 Å². The number of carbonyl (C=O) groups is 1. The third-order valence-corrected chi connectivity index (χ3v) is 2.71. The van der Waals surface area contributed by atoms with Crippen molar-refractivity contribution in [3.05, 3.63) is 12.3 Å². The van der Waals surface area contributed by atoms with Crippen molar-refractivity contribution in [2.45, 2.75) is 12.8 Å². The van der Waals surface area contributed by atoms with Crippen molar-refractivity contribution in [3.63, 3.8) is 0 Å². The maximum atomic E-state index is 10.5. The summed E-state index contributed by atoms with van der Waals surface area (Å²) in [6.07, 6.45) is 2.70. The standard InChI is InChI=1S/C11H15N3O3/c1-17-9-6-8(13-11(15)16)7-12-10(9)14-4-2-3-5-14/h6-7,13H,2-5H2,1H3,(H,15,16). The number of pyridine rings is 1. The minimum absolute atomic E-state index is 0.414. The lowest BCUT2D eigenvalue weighted by Gasteiger charge is -2.19. The highest BCUT2D eigenvalue weighted by Gasteiger charge is 2.18. The normalized spacial score (nSPS) is 14.8. The molecule has 0 atom stereocenters. The minimum atomic E-state index is -1.11. The van der Waals surface area contributed by atoms with Crippen LogP contribution >= 0.6 is 0 Å². The molecular weight excluding hydrogens is 222 g/mol. The van der Waals surface area contributed by atoms with Crippen molar-refractivity contribution in [3.8, 4) is 5.75 Å². The van der Waals surface area contributed by atoms with Gasteiger partial charge in [-0.3, -0.25) is 5.32 Å². The van der Waals surface area contributed by atoms with E-state index < -0.39 is 6.09 Å². The summed E-state index contributed by atoms with van der Waals surface area (Å²) >= 11 is 0. The summed E-state index contributed by atoms with van der Waals surface area (Å²) in [5.41, 5.74) is 0.414. The summed E-state index contributed by atoms with van der Waals surface area (Å²) in [6.45, 7) is 1.93. The van der Waals surface area contributed by atoms with E-state index in [9.17, 15) is 4.79 Å². The van der Waals surface area contributed by atoms with Crippen LogP contribution in [0, 0.1) is 0 Å². The van der Waals surface area contributed by atoms with Crippen LogP contribution in [0.15, 0.2) is 12.3 Å². The van der Waals surface area contributed by atoms with E-state index in [-0.39, 0.29) is 0 Å². The third kappa shape index (κ3) is 2.58. The molecule has 17 heavy (non-hydrogen) atoms. The third-order valence-electron chi connectivity index (χ3n) is 2.71. The van der Waals surface area contributed by atoms with E-state index in [0.29, 0.717) is 11.4 Å². The van der Waals surface area contributed by atoms with E-state index in [1.807, 2.05) is 0 Å². The van der Waals surface area contributed by atoms with Gasteiger partial charge in [-0.15, -0.1) is 0 Å². The number of ether oxygens (including phenoxy) is 1. The van der Waals surface area contributed by atoms with Gasteiger partial charge in [-0.25, -0.2) is 9.78 Å². The van der Waals surface area contributed by atoms with Crippen molar-refractivity contribution < 1.29 is 14.6 Å². The summed E-state index contributed by atoms with van der Waals surface area (Å²) < 4.78 is 5.24. The molecule has 1 aromatic heterocycles. The number of amides is 1. The largest absolute Gasteiger partial charge is 0.493 e. The Morgan fingerprint density at radius 1 is 1.53 bits per heavy atom. The predicted molar refractivity (Wildman–Crippen MR) is 63.9 cm³/mol. The van der Waals surface area contributed by atoms with Gasteiger partial charge in [0.1, 0.15) is 0 Å². The van der Waals surface area contributed by atoms with Gasteiger partial charge >= 0.3 is 6.09 Å². The molecule has 1 aliphatic rings. The van der Waals surface area contributed by atoms with E-state index in [2.05, 4.69) is 15.2 Å². The first-order chi connectivity index (χ1) is 8.20. The Balaban J connectivity index is 2.24. The average molecular weight is 237 g/mol. The van der Waals surface area contributed by atoms with Crippen LogP contribution in [0.25, 0.3) is 0 Å². The second-order valence-corrected chi connectivity index (χ2v) is 3.87. The molecule has 1 aliphatic heterocycles. The molecule has 1 saturated heterocycles. The topological polar surface area (TPSA) is 74.7 Å². The molecule has 6 heteroatoms. The number of anilines is 2. The SMILES string of the molecule is COc1cc(NC(=O)O)cnc1N1CCCC1. The van der Waals surface area contributed by atoms with Crippen LogP contribution in [-0.4, -0.2) is 36.4 Å². The highest BCUT2D eigenvalue weighted by Crippen LogP contribution is 2.30. The molecule has 0 saturated carbocycles. The van der Waals surface area contributed by atoms with Crippen LogP contribution in [0.3, 0.4) is 0 Å². The van der Waals surface area contributed by atoms with E-state index in [4.69, 9.17) is 9.84 Å². The first-order valence-corrected chi connectivity index (χ1v) is 5.49. The summed E-state index contributed by atoms with van der Waals surface area (Å²) in [6, 6.07) is 1.65. The number of nitrogens with one attached hydrogen (secondary N) is 1. The molecule has 1 aromatic rings. The zero-order valence-corrected chi connectivity index (χ0v) is 9.64. The molecule has 1 fully saturated rings. The molecule has 2 heterocycles. The monoisotopic (exact) mass is 237 g/mol. The summed E-state index contributed by atoms with van der Waals surface area (Å²) in [7, 11) is 1.56. The Morgan fingerprint density at radius 3 is 2.82 bits per heavy atom. The first kappa shape index (κ1) is 11.5. The van der Waals surface area contributed by atoms with Crippen LogP contribution in [0.1, 0.15) is 12.8 Å². The summed E-state index contributed by atoms with van der Waals surface area (Å²) in [5.74, 6) is 1.37. The molecule has 0 aromatic carbocycles. The van der Waals surface area contributed by atoms with Gasteiger partial charge in [0.25, 0.3) is 0 Å². The highest BCUT2D eigenvalue weighted by molar-refractivity contribution is 5.83. The van der Waals surface area contributed by atoms with Gasteiger partial charge in [0.15, 0.2) is 11.6 Å². The Bertz CT molecular complexity index is 416. The van der Waals surface area contributed by atoms with Gasteiger partial charge in [0.05, 0.1) is 19.0 Å². The Hall–Kier alpha value is -1.98. The quantitative estimate of drug-likeness (QED) is 0.838. The van der Waals surface area contributed by atoms with E-state index in [1.54, 1.807) is 13.2 Å². The van der Waals surface area contributed by atoms with Crippen LogP contribution in [0.2, 0.25) is 0 Å². The highest BCUT2D eigenvalue weighted by atomic mass is 16.5. The zero-order valence-electron chi connectivity index (χ0n) is 9.64. The molecule has 6 nitrogen and oxygen atoms in total. The zero-order chi connectivity index (χ0) is 12.3.